The molecular formula is C33H45NO6. The number of ketones is 1. The first-order valence-corrected chi connectivity index (χ1v) is 15.1. The second-order valence-electron chi connectivity index (χ2n) is 15.7. The third-order valence-electron chi connectivity index (χ3n) is 13.3. The summed E-state index contributed by atoms with van der Waals surface area (Å²) in [5, 5.41) is 14.1. The van der Waals surface area contributed by atoms with Gasteiger partial charge in [0.2, 0.25) is 0 Å². The summed E-state index contributed by atoms with van der Waals surface area (Å²) >= 11 is 0. The van der Waals surface area contributed by atoms with E-state index in [9.17, 15) is 19.5 Å². The largest absolute Gasteiger partial charge is 0.481 e. The molecule has 7 heteroatoms. The lowest BCUT2D eigenvalue weighted by Crippen LogP contribution is -2.66. The van der Waals surface area contributed by atoms with Crippen LogP contribution in [0.5, 0.6) is 0 Å². The molecule has 1 aromatic heterocycles. The van der Waals surface area contributed by atoms with Crippen LogP contribution in [0, 0.1) is 44.8 Å². The minimum atomic E-state index is -0.852. The average molecular weight is 552 g/mol. The van der Waals surface area contributed by atoms with Crippen molar-refractivity contribution in [3.63, 3.8) is 0 Å². The molecule has 3 saturated carbocycles. The minimum Gasteiger partial charge on any atom is -0.481 e. The van der Waals surface area contributed by atoms with Gasteiger partial charge in [-0.25, -0.2) is 0 Å². The van der Waals surface area contributed by atoms with Gasteiger partial charge in [0.05, 0.1) is 25.1 Å². The molecule has 1 aromatic rings. The Labute approximate surface area is 237 Å². The Kier molecular flexibility index (Phi) is 5.76. The number of carboxylic acids is 1. The number of fused-ring (bicyclic) bond motifs is 8. The normalized spacial score (nSPS) is 45.1. The van der Waals surface area contributed by atoms with Gasteiger partial charge in [0.25, 0.3) is 0 Å². The van der Waals surface area contributed by atoms with Crippen LogP contribution in [0.25, 0.3) is 0 Å². The van der Waals surface area contributed by atoms with Crippen molar-refractivity contribution >= 4 is 17.7 Å². The number of hydrogen-bond acceptors (Lipinski definition) is 6. The van der Waals surface area contributed by atoms with Crippen LogP contribution in [0.2, 0.25) is 0 Å². The molecule has 0 aromatic carbocycles. The van der Waals surface area contributed by atoms with E-state index in [1.165, 1.54) is 12.7 Å². The highest BCUT2D eigenvalue weighted by molar-refractivity contribution is 5.96. The zero-order chi connectivity index (χ0) is 29.1. The molecule has 1 heterocycles. The van der Waals surface area contributed by atoms with Crippen molar-refractivity contribution in [3.8, 4) is 0 Å². The van der Waals surface area contributed by atoms with Gasteiger partial charge in [-0.2, -0.15) is 0 Å². The fraction of sp³-hybridized carbons (Fsp3) is 0.758. The zero-order valence-corrected chi connectivity index (χ0v) is 25.2. The molecule has 218 valence electrons. The maximum atomic E-state index is 14.5. The summed E-state index contributed by atoms with van der Waals surface area (Å²) in [7, 11) is 1.49. The maximum Gasteiger partial charge on any atom is 0.312 e. The number of aliphatic carboxylic acids is 1. The Morgan fingerprint density at radius 2 is 1.77 bits per heavy atom. The van der Waals surface area contributed by atoms with Gasteiger partial charge < -0.3 is 14.4 Å². The number of carbonyl (C=O) groups is 3. The second kappa shape index (κ2) is 8.32. The van der Waals surface area contributed by atoms with E-state index in [1.807, 2.05) is 13.0 Å². The molecule has 1 unspecified atom stereocenters. The molecule has 5 aliphatic rings. The summed E-state index contributed by atoms with van der Waals surface area (Å²) in [5.74, 6) is -0.446. The van der Waals surface area contributed by atoms with Crippen LogP contribution >= 0.6 is 0 Å². The highest BCUT2D eigenvalue weighted by atomic mass is 16.5. The molecule has 5 aliphatic carbocycles. The third kappa shape index (κ3) is 3.29. The van der Waals surface area contributed by atoms with Crippen molar-refractivity contribution in [2.24, 2.45) is 44.8 Å². The van der Waals surface area contributed by atoms with Crippen molar-refractivity contribution in [2.75, 3.05) is 7.11 Å². The van der Waals surface area contributed by atoms with Crippen molar-refractivity contribution in [1.82, 2.24) is 5.16 Å². The molecule has 7 nitrogen and oxygen atoms in total. The van der Waals surface area contributed by atoms with Crippen LogP contribution < -0.4 is 0 Å². The number of aromatic nitrogens is 1. The summed E-state index contributed by atoms with van der Waals surface area (Å²) in [5.41, 5.74) is -0.0960. The quantitative estimate of drug-likeness (QED) is 0.440. The van der Waals surface area contributed by atoms with Crippen molar-refractivity contribution in [2.45, 2.75) is 105 Å². The van der Waals surface area contributed by atoms with Crippen LogP contribution in [0.3, 0.4) is 0 Å². The van der Waals surface area contributed by atoms with Crippen LogP contribution in [0.15, 0.2) is 22.4 Å². The first-order valence-electron chi connectivity index (χ1n) is 15.1. The van der Waals surface area contributed by atoms with Crippen molar-refractivity contribution in [1.29, 1.82) is 0 Å². The molecule has 0 saturated heterocycles. The first kappa shape index (κ1) is 27.7. The van der Waals surface area contributed by atoms with Gasteiger partial charge in [-0.3, -0.25) is 14.4 Å². The van der Waals surface area contributed by atoms with Crippen LogP contribution in [-0.4, -0.2) is 35.1 Å². The van der Waals surface area contributed by atoms with E-state index in [0.717, 1.165) is 50.5 Å². The minimum absolute atomic E-state index is 0.00943. The van der Waals surface area contributed by atoms with E-state index < -0.39 is 22.2 Å². The molecule has 0 amide bonds. The number of methoxy groups -OCH3 is 1. The summed E-state index contributed by atoms with van der Waals surface area (Å²) in [4.78, 5) is 40.2. The fourth-order valence-electron chi connectivity index (χ4n) is 11.2. The highest BCUT2D eigenvalue weighted by Gasteiger charge is 2.71. The Morgan fingerprint density at radius 3 is 2.45 bits per heavy atom. The third-order valence-corrected chi connectivity index (χ3v) is 13.3. The highest BCUT2D eigenvalue weighted by Crippen LogP contribution is 2.75. The van der Waals surface area contributed by atoms with E-state index in [0.29, 0.717) is 12.2 Å². The topological polar surface area (TPSA) is 107 Å². The molecular weight excluding hydrogens is 506 g/mol. The lowest BCUT2D eigenvalue weighted by molar-refractivity contribution is -0.192. The molecule has 1 N–H and O–H groups in total. The summed E-state index contributed by atoms with van der Waals surface area (Å²) in [6.45, 7) is 13.5. The maximum absolute atomic E-state index is 14.5. The number of allylic oxidation sites excluding steroid dienone is 2. The summed E-state index contributed by atoms with van der Waals surface area (Å²) < 4.78 is 11.2. The SMILES string of the molecule is COC(=O)[C@]12CCC(C)(C)C[C@H]1[C@H]1C(=O)C=C3[C@@]4(C)Cc5cnoc5[C@@](C)(CC(=O)O)C4CC[C@@]3(C)[C@]1(C)CC2. The van der Waals surface area contributed by atoms with Gasteiger partial charge in [0.15, 0.2) is 5.78 Å². The van der Waals surface area contributed by atoms with E-state index in [-0.39, 0.29) is 52.2 Å². The van der Waals surface area contributed by atoms with Gasteiger partial charge in [-0.05, 0) is 90.9 Å². The van der Waals surface area contributed by atoms with Crippen LogP contribution in [0.4, 0.5) is 0 Å². The first-order chi connectivity index (χ1) is 18.6. The number of esters is 1. The summed E-state index contributed by atoms with van der Waals surface area (Å²) in [6, 6.07) is 0. The lowest BCUT2D eigenvalue weighted by atomic mass is 9.34. The fourth-order valence-corrected chi connectivity index (χ4v) is 11.2. The molecule has 0 bridgehead atoms. The van der Waals surface area contributed by atoms with E-state index in [4.69, 9.17) is 9.26 Å². The second-order valence-corrected chi connectivity index (χ2v) is 15.7. The molecule has 6 rings (SSSR count). The smallest absolute Gasteiger partial charge is 0.312 e. The average Bonchev–Trinajstić information content (AvgIpc) is 3.33. The van der Waals surface area contributed by atoms with Crippen LogP contribution in [-0.2, 0) is 31.0 Å². The van der Waals surface area contributed by atoms with E-state index in [1.54, 1.807) is 6.20 Å². The number of nitrogens with zero attached hydrogens (tertiary/aromatic N) is 1. The monoisotopic (exact) mass is 551 g/mol. The number of rotatable bonds is 3. The molecule has 40 heavy (non-hydrogen) atoms. The summed E-state index contributed by atoms with van der Waals surface area (Å²) in [6.07, 6.45) is 10.2. The molecule has 0 spiro atoms. The molecule has 8 atom stereocenters. The standard InChI is InChI=1S/C33H45NO6/c1-28(2)10-12-33(27(38)39-7)13-11-32(6)25(20(33)16-28)21(35)14-23-29(3)15-19-18-34-40-26(19)30(4,17-24(36)37)22(29)8-9-31(23,32)5/h14,18,20,22,25H,8-13,15-17H2,1-7H3,(H,36,37)/t20-,22?,25-,29-,30-,31+,32+,33-/m0/s1. The Balaban J connectivity index is 1.51. The van der Waals surface area contributed by atoms with Gasteiger partial charge in [0, 0.05) is 16.9 Å². The number of carbonyl (C=O) groups excluding carboxylic acids is 2. The Morgan fingerprint density at radius 1 is 1.07 bits per heavy atom. The number of hydrogen-bond donors (Lipinski definition) is 1. The molecule has 3 fully saturated rings. The Bertz CT molecular complexity index is 1330. The van der Waals surface area contributed by atoms with Crippen LogP contribution in [0.1, 0.15) is 104 Å². The van der Waals surface area contributed by atoms with E-state index in [2.05, 4.69) is 39.8 Å². The van der Waals surface area contributed by atoms with Gasteiger partial charge in [0.1, 0.15) is 5.76 Å². The number of ether oxygens (including phenoxy) is 1. The lowest BCUT2D eigenvalue weighted by Gasteiger charge is -2.69. The predicted molar refractivity (Wildman–Crippen MR) is 148 cm³/mol. The van der Waals surface area contributed by atoms with Crippen molar-refractivity contribution < 1.29 is 28.8 Å². The van der Waals surface area contributed by atoms with E-state index >= 15 is 0 Å². The van der Waals surface area contributed by atoms with Gasteiger partial charge >= 0.3 is 11.9 Å². The zero-order valence-electron chi connectivity index (χ0n) is 25.2. The Hall–Kier alpha value is -2.44. The van der Waals surface area contributed by atoms with Gasteiger partial charge in [-0.1, -0.05) is 52.3 Å². The van der Waals surface area contributed by atoms with Crippen molar-refractivity contribution in [3.05, 3.63) is 29.2 Å². The number of carboxylic acid groups (broad SMARTS) is 1. The molecule has 0 aliphatic heterocycles. The predicted octanol–water partition coefficient (Wildman–Crippen LogP) is 6.30. The van der Waals surface area contributed by atoms with Gasteiger partial charge in [-0.15, -0.1) is 0 Å². The molecule has 0 radical (unpaired) electrons.